The Morgan fingerprint density at radius 1 is 1.10 bits per heavy atom. The summed E-state index contributed by atoms with van der Waals surface area (Å²) < 4.78 is 25.3. The van der Waals surface area contributed by atoms with Crippen LogP contribution in [0.3, 0.4) is 0 Å². The van der Waals surface area contributed by atoms with Crippen molar-refractivity contribution >= 4 is 46.9 Å². The molecule has 0 radical (unpaired) electrons. The number of ether oxygens (including phenoxy) is 2. The smallest absolute Gasteiger partial charge is 0.165 e. The van der Waals surface area contributed by atoms with Crippen molar-refractivity contribution < 1.29 is 19.0 Å². The van der Waals surface area contributed by atoms with Crippen LogP contribution in [0.25, 0.3) is 21.1 Å². The lowest BCUT2D eigenvalue weighted by atomic mass is 10.2. The quantitative estimate of drug-likeness (QED) is 0.411. The van der Waals surface area contributed by atoms with Gasteiger partial charge in [0.25, 0.3) is 0 Å². The van der Waals surface area contributed by atoms with Crippen molar-refractivity contribution in [1.82, 2.24) is 10.2 Å². The SMILES string of the molecule is CCCOc1ccc(-c2nnc(-c3cc(F)c(OC[C@H](N)CO)cc3Cl)s2)cc1Cl.Cl. The molecule has 1 atom stereocenters. The molecule has 0 fully saturated rings. The topological polar surface area (TPSA) is 90.5 Å². The zero-order valence-corrected chi connectivity index (χ0v) is 19.6. The molecule has 0 spiro atoms. The van der Waals surface area contributed by atoms with Gasteiger partial charge in [-0.15, -0.1) is 22.6 Å². The molecule has 3 N–H and O–H groups in total. The highest BCUT2D eigenvalue weighted by atomic mass is 35.5. The van der Waals surface area contributed by atoms with E-state index in [1.807, 2.05) is 13.0 Å². The Hall–Kier alpha value is -1.68. The summed E-state index contributed by atoms with van der Waals surface area (Å²) in [7, 11) is 0. The average molecular weight is 509 g/mol. The number of rotatable bonds is 9. The summed E-state index contributed by atoms with van der Waals surface area (Å²) in [5, 5.41) is 19.0. The van der Waals surface area contributed by atoms with Crippen molar-refractivity contribution in [1.29, 1.82) is 0 Å². The highest BCUT2D eigenvalue weighted by molar-refractivity contribution is 7.18. The zero-order valence-electron chi connectivity index (χ0n) is 16.5. The third kappa shape index (κ3) is 6.41. The summed E-state index contributed by atoms with van der Waals surface area (Å²) in [6.45, 7) is 2.29. The van der Waals surface area contributed by atoms with Gasteiger partial charge < -0.3 is 20.3 Å². The van der Waals surface area contributed by atoms with Crippen LogP contribution in [0.1, 0.15) is 13.3 Å². The van der Waals surface area contributed by atoms with Gasteiger partial charge >= 0.3 is 0 Å². The maximum Gasteiger partial charge on any atom is 0.165 e. The largest absolute Gasteiger partial charge is 0.492 e. The Labute approximate surface area is 199 Å². The normalized spacial score (nSPS) is 11.7. The Morgan fingerprint density at radius 3 is 2.52 bits per heavy atom. The van der Waals surface area contributed by atoms with Crippen LogP contribution in [0.5, 0.6) is 11.5 Å². The van der Waals surface area contributed by atoms with Gasteiger partial charge in [-0.25, -0.2) is 4.39 Å². The molecule has 11 heteroatoms. The fourth-order valence-corrected chi connectivity index (χ4v) is 3.87. The molecule has 6 nitrogen and oxygen atoms in total. The maximum atomic E-state index is 14.4. The van der Waals surface area contributed by atoms with Crippen LogP contribution in [0.2, 0.25) is 10.0 Å². The lowest BCUT2D eigenvalue weighted by Gasteiger charge is -2.12. The fraction of sp³-hybridized carbons (Fsp3) is 0.300. The van der Waals surface area contributed by atoms with Gasteiger partial charge in [-0.1, -0.05) is 41.5 Å². The summed E-state index contributed by atoms with van der Waals surface area (Å²) in [5.74, 6) is -0.0581. The van der Waals surface area contributed by atoms with Crippen LogP contribution in [0.4, 0.5) is 4.39 Å². The van der Waals surface area contributed by atoms with Gasteiger partial charge in [-0.3, -0.25) is 0 Å². The number of hydrogen-bond donors (Lipinski definition) is 2. The van der Waals surface area contributed by atoms with Crippen molar-refractivity contribution in [3.63, 3.8) is 0 Å². The minimum atomic E-state index is -0.614. The molecule has 0 aliphatic heterocycles. The van der Waals surface area contributed by atoms with E-state index in [4.69, 9.17) is 43.5 Å². The number of nitrogens with zero attached hydrogens (tertiary/aromatic N) is 2. The fourth-order valence-electron chi connectivity index (χ4n) is 2.46. The second-order valence-electron chi connectivity index (χ2n) is 6.42. The first-order valence-electron chi connectivity index (χ1n) is 9.17. The number of hydrogen-bond acceptors (Lipinski definition) is 7. The number of aliphatic hydroxyl groups is 1. The van der Waals surface area contributed by atoms with Gasteiger partial charge in [0.1, 0.15) is 22.4 Å². The maximum absolute atomic E-state index is 14.4. The number of aliphatic hydroxyl groups excluding tert-OH is 1. The summed E-state index contributed by atoms with van der Waals surface area (Å²) in [5.41, 5.74) is 6.73. The van der Waals surface area contributed by atoms with Crippen molar-refractivity contribution in [3.05, 3.63) is 46.2 Å². The van der Waals surface area contributed by atoms with Crippen LogP contribution in [-0.4, -0.2) is 41.2 Å². The predicted molar refractivity (Wildman–Crippen MR) is 124 cm³/mol. The molecule has 0 amide bonds. The highest BCUT2D eigenvalue weighted by Crippen LogP contribution is 2.38. The molecular weight excluding hydrogens is 488 g/mol. The molecule has 3 aromatic rings. The van der Waals surface area contributed by atoms with Crippen LogP contribution in [0.15, 0.2) is 30.3 Å². The summed E-state index contributed by atoms with van der Waals surface area (Å²) >= 11 is 13.9. The Kier molecular flexibility index (Phi) is 9.74. The molecule has 2 aromatic carbocycles. The zero-order chi connectivity index (χ0) is 21.7. The molecule has 0 bridgehead atoms. The van der Waals surface area contributed by atoms with Gasteiger partial charge in [0.05, 0.1) is 29.3 Å². The minimum absolute atomic E-state index is 0. The Bertz CT molecular complexity index is 1020. The monoisotopic (exact) mass is 507 g/mol. The number of halogens is 4. The highest BCUT2D eigenvalue weighted by Gasteiger charge is 2.17. The second kappa shape index (κ2) is 11.8. The van der Waals surface area contributed by atoms with Crippen LogP contribution >= 0.6 is 46.9 Å². The Balaban J connectivity index is 0.00000341. The molecule has 0 aliphatic carbocycles. The molecule has 1 aromatic heterocycles. The van der Waals surface area contributed by atoms with E-state index in [-0.39, 0.29) is 36.4 Å². The average Bonchev–Trinajstić information content (AvgIpc) is 3.22. The van der Waals surface area contributed by atoms with E-state index in [2.05, 4.69) is 10.2 Å². The predicted octanol–water partition coefficient (Wildman–Crippen LogP) is 5.23. The van der Waals surface area contributed by atoms with E-state index in [0.717, 1.165) is 12.0 Å². The first-order valence-corrected chi connectivity index (χ1v) is 10.7. The molecule has 168 valence electrons. The van der Waals surface area contributed by atoms with E-state index >= 15 is 0 Å². The van der Waals surface area contributed by atoms with Crippen molar-refractivity contribution in [2.75, 3.05) is 19.8 Å². The third-order valence-corrected chi connectivity index (χ3v) is 5.62. The summed E-state index contributed by atoms with van der Waals surface area (Å²) in [6.07, 6.45) is 0.882. The first-order chi connectivity index (χ1) is 14.4. The molecule has 3 rings (SSSR count). The van der Waals surface area contributed by atoms with Crippen LogP contribution in [-0.2, 0) is 0 Å². The lowest BCUT2D eigenvalue weighted by molar-refractivity contribution is 0.202. The van der Waals surface area contributed by atoms with Crippen LogP contribution in [0, 0.1) is 5.82 Å². The summed E-state index contributed by atoms with van der Waals surface area (Å²) in [4.78, 5) is 0. The van der Waals surface area contributed by atoms with Gasteiger partial charge in [-0.05, 0) is 30.7 Å². The lowest BCUT2D eigenvalue weighted by Crippen LogP contribution is -2.31. The molecule has 0 saturated carbocycles. The van der Waals surface area contributed by atoms with E-state index in [9.17, 15) is 4.39 Å². The van der Waals surface area contributed by atoms with Crippen molar-refractivity contribution in [2.24, 2.45) is 5.73 Å². The number of aromatic nitrogens is 2. The van der Waals surface area contributed by atoms with Gasteiger partial charge in [0.15, 0.2) is 11.6 Å². The van der Waals surface area contributed by atoms with E-state index in [1.165, 1.54) is 23.5 Å². The first kappa shape index (κ1) is 25.6. The summed E-state index contributed by atoms with van der Waals surface area (Å²) in [6, 6.07) is 7.35. The standard InChI is InChI=1S/C20H20Cl2FN3O3S.ClH/c1-2-5-28-17-4-3-11(6-15(17)22)19-25-26-20(30-19)13-7-16(23)18(8-14(13)21)29-10-12(24)9-27;/h3-4,6-8,12,27H,2,5,9-10,24H2,1H3;1H/t12-;/m1./s1. The molecule has 31 heavy (non-hydrogen) atoms. The van der Waals surface area contributed by atoms with Crippen molar-refractivity contribution in [2.45, 2.75) is 19.4 Å². The molecular formula is C20H21Cl3FN3O3S. The van der Waals surface area contributed by atoms with Gasteiger partial charge in [-0.2, -0.15) is 0 Å². The van der Waals surface area contributed by atoms with Crippen molar-refractivity contribution in [3.8, 4) is 32.6 Å². The number of nitrogens with two attached hydrogens (primary N) is 1. The van der Waals surface area contributed by atoms with E-state index in [0.29, 0.717) is 33.0 Å². The third-order valence-electron chi connectivity index (χ3n) is 4.00. The molecule has 1 heterocycles. The van der Waals surface area contributed by atoms with Gasteiger partial charge in [0.2, 0.25) is 0 Å². The van der Waals surface area contributed by atoms with Gasteiger partial charge in [0, 0.05) is 17.2 Å². The molecule has 0 unspecified atom stereocenters. The second-order valence-corrected chi connectivity index (χ2v) is 8.21. The van der Waals surface area contributed by atoms with E-state index in [1.54, 1.807) is 12.1 Å². The minimum Gasteiger partial charge on any atom is -0.492 e. The van der Waals surface area contributed by atoms with Crippen LogP contribution < -0.4 is 15.2 Å². The Morgan fingerprint density at radius 2 is 1.84 bits per heavy atom. The molecule has 0 aliphatic rings. The number of benzene rings is 2. The molecule has 0 saturated heterocycles. The van der Waals surface area contributed by atoms with E-state index < -0.39 is 11.9 Å².